The summed E-state index contributed by atoms with van der Waals surface area (Å²) in [7, 11) is 0. The molecule has 0 radical (unpaired) electrons. The van der Waals surface area contributed by atoms with Crippen molar-refractivity contribution in [2.75, 3.05) is 6.61 Å². The van der Waals surface area contributed by atoms with Gasteiger partial charge in [0.2, 0.25) is 0 Å². The van der Waals surface area contributed by atoms with E-state index in [-0.39, 0.29) is 17.7 Å². The van der Waals surface area contributed by atoms with Crippen molar-refractivity contribution in [3.8, 4) is 5.75 Å². The molecule has 0 bridgehead atoms. The molecule has 1 atom stereocenters. The number of cyclic esters (lactones) is 1. The van der Waals surface area contributed by atoms with Gasteiger partial charge in [-0.15, -0.1) is 0 Å². The molecule has 1 aliphatic rings. The summed E-state index contributed by atoms with van der Waals surface area (Å²) in [6.07, 6.45) is 0.451. The lowest BCUT2D eigenvalue weighted by atomic mass is 10.0. The largest absolute Gasteiger partial charge is 0.488 e. The van der Waals surface area contributed by atoms with Crippen molar-refractivity contribution >= 4 is 6.09 Å². The van der Waals surface area contributed by atoms with Gasteiger partial charge in [0.05, 0.1) is 12.6 Å². The third-order valence-corrected chi connectivity index (χ3v) is 2.64. The lowest BCUT2D eigenvalue weighted by molar-refractivity contribution is 0.115. The Morgan fingerprint density at radius 3 is 2.50 bits per heavy atom. The van der Waals surface area contributed by atoms with Crippen LogP contribution in [-0.4, -0.2) is 18.3 Å². The molecule has 1 fully saturated rings. The molecule has 0 unspecified atom stereocenters. The Hall–Kier alpha value is -1.71. The van der Waals surface area contributed by atoms with E-state index in [4.69, 9.17) is 9.47 Å². The monoisotopic (exact) mass is 249 g/mol. The molecule has 18 heavy (non-hydrogen) atoms. The van der Waals surface area contributed by atoms with Crippen molar-refractivity contribution in [1.29, 1.82) is 0 Å². The van der Waals surface area contributed by atoms with Crippen molar-refractivity contribution in [3.63, 3.8) is 0 Å². The maximum atomic E-state index is 11.1. The fourth-order valence-corrected chi connectivity index (χ4v) is 1.90. The van der Waals surface area contributed by atoms with Crippen LogP contribution in [0.25, 0.3) is 0 Å². The summed E-state index contributed by atoms with van der Waals surface area (Å²) in [6, 6.07) is 7.87. The Labute approximate surface area is 107 Å². The number of benzene rings is 1. The number of ether oxygens (including phenoxy) is 2. The fraction of sp³-hybridized carbons (Fsp3) is 0.500. The molecule has 4 nitrogen and oxygen atoms in total. The SMILES string of the molecule is CC(C)(C)Oc1ccc([C@@H]2CCOC(=O)N2)cc1. The van der Waals surface area contributed by atoms with E-state index in [0.717, 1.165) is 17.7 Å². The van der Waals surface area contributed by atoms with Crippen LogP contribution in [0.3, 0.4) is 0 Å². The molecule has 0 spiro atoms. The van der Waals surface area contributed by atoms with Crippen LogP contribution in [0.4, 0.5) is 4.79 Å². The van der Waals surface area contributed by atoms with E-state index in [0.29, 0.717) is 6.61 Å². The first-order valence-electron chi connectivity index (χ1n) is 6.16. The Balaban J connectivity index is 2.05. The van der Waals surface area contributed by atoms with E-state index < -0.39 is 0 Å². The van der Waals surface area contributed by atoms with Crippen LogP contribution in [0.1, 0.15) is 38.8 Å². The third-order valence-electron chi connectivity index (χ3n) is 2.64. The minimum Gasteiger partial charge on any atom is -0.488 e. The highest BCUT2D eigenvalue weighted by atomic mass is 16.5. The van der Waals surface area contributed by atoms with E-state index in [1.807, 2.05) is 45.0 Å². The smallest absolute Gasteiger partial charge is 0.407 e. The van der Waals surface area contributed by atoms with Crippen molar-refractivity contribution in [3.05, 3.63) is 29.8 Å². The van der Waals surface area contributed by atoms with Gasteiger partial charge in [0.25, 0.3) is 0 Å². The van der Waals surface area contributed by atoms with Gasteiger partial charge < -0.3 is 14.8 Å². The molecule has 1 aromatic carbocycles. The molecule has 1 aromatic rings. The van der Waals surface area contributed by atoms with E-state index in [1.54, 1.807) is 0 Å². The summed E-state index contributed by atoms with van der Waals surface area (Å²) in [6.45, 7) is 6.51. The number of carbonyl (C=O) groups is 1. The third kappa shape index (κ3) is 3.39. The average Bonchev–Trinajstić information content (AvgIpc) is 2.28. The minimum absolute atomic E-state index is 0.0370. The minimum atomic E-state index is -0.346. The van der Waals surface area contributed by atoms with Gasteiger partial charge in [0.1, 0.15) is 11.4 Å². The summed E-state index contributed by atoms with van der Waals surface area (Å²) < 4.78 is 10.6. The maximum absolute atomic E-state index is 11.1. The van der Waals surface area contributed by atoms with E-state index in [1.165, 1.54) is 0 Å². The number of rotatable bonds is 2. The Morgan fingerprint density at radius 2 is 1.94 bits per heavy atom. The van der Waals surface area contributed by atoms with Gasteiger partial charge in [-0.1, -0.05) is 12.1 Å². The second-order valence-corrected chi connectivity index (χ2v) is 5.40. The summed E-state index contributed by atoms with van der Waals surface area (Å²) in [5, 5.41) is 2.80. The van der Waals surface area contributed by atoms with E-state index >= 15 is 0 Å². The molecule has 0 saturated carbocycles. The molecule has 1 saturated heterocycles. The normalized spacial score (nSPS) is 19.9. The molecule has 2 rings (SSSR count). The van der Waals surface area contributed by atoms with Gasteiger partial charge in [-0.05, 0) is 38.5 Å². The zero-order valence-electron chi connectivity index (χ0n) is 11.0. The summed E-state index contributed by atoms with van der Waals surface area (Å²) in [4.78, 5) is 11.1. The van der Waals surface area contributed by atoms with Crippen LogP contribution in [-0.2, 0) is 4.74 Å². The summed E-state index contributed by atoms with van der Waals surface area (Å²) >= 11 is 0. The van der Waals surface area contributed by atoms with Gasteiger partial charge in [0.15, 0.2) is 0 Å². The highest BCUT2D eigenvalue weighted by molar-refractivity contribution is 5.68. The van der Waals surface area contributed by atoms with Crippen molar-refractivity contribution in [2.45, 2.75) is 38.8 Å². The van der Waals surface area contributed by atoms with Crippen LogP contribution in [0.15, 0.2) is 24.3 Å². The number of hydrogen-bond donors (Lipinski definition) is 1. The molecular weight excluding hydrogens is 230 g/mol. The Kier molecular flexibility index (Phi) is 3.45. The van der Waals surface area contributed by atoms with Crippen molar-refractivity contribution in [2.24, 2.45) is 0 Å². The standard InChI is InChI=1S/C14H19NO3/c1-14(2,3)18-11-6-4-10(5-7-11)12-8-9-17-13(16)15-12/h4-7,12H,8-9H2,1-3H3,(H,15,16)/t12-/m0/s1. The molecule has 4 heteroatoms. The Morgan fingerprint density at radius 1 is 1.28 bits per heavy atom. The lowest BCUT2D eigenvalue weighted by Crippen LogP contribution is -2.35. The second kappa shape index (κ2) is 4.88. The number of amides is 1. The maximum Gasteiger partial charge on any atom is 0.407 e. The zero-order chi connectivity index (χ0) is 13.2. The van der Waals surface area contributed by atoms with Crippen LogP contribution in [0.2, 0.25) is 0 Å². The summed E-state index contributed by atoms with van der Waals surface area (Å²) in [5.41, 5.74) is 0.877. The average molecular weight is 249 g/mol. The van der Waals surface area contributed by atoms with Gasteiger partial charge in [-0.3, -0.25) is 0 Å². The fourth-order valence-electron chi connectivity index (χ4n) is 1.90. The molecular formula is C14H19NO3. The predicted octanol–water partition coefficient (Wildman–Crippen LogP) is 3.03. The lowest BCUT2D eigenvalue weighted by Gasteiger charge is -2.25. The van der Waals surface area contributed by atoms with E-state index in [2.05, 4.69) is 5.32 Å². The van der Waals surface area contributed by atoms with Gasteiger partial charge in [-0.25, -0.2) is 4.79 Å². The van der Waals surface area contributed by atoms with Gasteiger partial charge >= 0.3 is 6.09 Å². The van der Waals surface area contributed by atoms with Crippen molar-refractivity contribution < 1.29 is 14.3 Å². The first-order chi connectivity index (χ1) is 8.44. The van der Waals surface area contributed by atoms with Crippen LogP contribution in [0.5, 0.6) is 5.75 Å². The predicted molar refractivity (Wildman–Crippen MR) is 68.7 cm³/mol. The molecule has 0 aliphatic carbocycles. The molecule has 98 valence electrons. The Bertz CT molecular complexity index is 420. The number of carbonyl (C=O) groups excluding carboxylic acids is 1. The van der Waals surface area contributed by atoms with Crippen molar-refractivity contribution in [1.82, 2.24) is 5.32 Å². The molecule has 1 amide bonds. The first kappa shape index (κ1) is 12.7. The molecule has 1 aliphatic heterocycles. The molecule has 1 heterocycles. The molecule has 1 N–H and O–H groups in total. The zero-order valence-corrected chi connectivity index (χ0v) is 11.0. The highest BCUT2D eigenvalue weighted by Crippen LogP contribution is 2.24. The molecule has 0 aromatic heterocycles. The summed E-state index contributed by atoms with van der Waals surface area (Å²) in [5.74, 6) is 0.838. The van der Waals surface area contributed by atoms with Crippen LogP contribution >= 0.6 is 0 Å². The van der Waals surface area contributed by atoms with E-state index in [9.17, 15) is 4.79 Å². The van der Waals surface area contributed by atoms with Crippen LogP contribution < -0.4 is 10.1 Å². The number of nitrogens with one attached hydrogen (secondary N) is 1. The first-order valence-corrected chi connectivity index (χ1v) is 6.16. The number of alkyl carbamates (subject to hydrolysis) is 1. The number of hydrogen-bond acceptors (Lipinski definition) is 3. The second-order valence-electron chi connectivity index (χ2n) is 5.40. The van der Waals surface area contributed by atoms with Crippen LogP contribution in [0, 0.1) is 0 Å². The quantitative estimate of drug-likeness (QED) is 0.876. The van der Waals surface area contributed by atoms with Gasteiger partial charge in [-0.2, -0.15) is 0 Å². The highest BCUT2D eigenvalue weighted by Gasteiger charge is 2.20. The van der Waals surface area contributed by atoms with Gasteiger partial charge in [0, 0.05) is 6.42 Å². The topological polar surface area (TPSA) is 47.6 Å².